The van der Waals surface area contributed by atoms with Crippen molar-refractivity contribution in [3.8, 4) is 17.2 Å². The third-order valence-electron chi connectivity index (χ3n) is 10.5. The van der Waals surface area contributed by atoms with Crippen LogP contribution in [0.15, 0.2) is 53.6 Å². The third-order valence-corrected chi connectivity index (χ3v) is 12.0. The van der Waals surface area contributed by atoms with Crippen LogP contribution >= 0.6 is 23.5 Å². The lowest BCUT2D eigenvalue weighted by Crippen LogP contribution is -2.38. The van der Waals surface area contributed by atoms with Gasteiger partial charge in [-0.25, -0.2) is 36.9 Å². The van der Waals surface area contributed by atoms with Crippen LogP contribution in [0.4, 0.5) is 40.9 Å². The van der Waals surface area contributed by atoms with Gasteiger partial charge >= 0.3 is 0 Å². The molecule has 2 aliphatic carbocycles. The van der Waals surface area contributed by atoms with Crippen molar-refractivity contribution in [2.45, 2.75) is 82.7 Å². The third kappa shape index (κ3) is 9.25. The number of nitrogens with one attached hydrogen (secondary N) is 2. The molecule has 0 aliphatic heterocycles. The molecule has 334 valence electrons. The van der Waals surface area contributed by atoms with Gasteiger partial charge in [-0.1, -0.05) is 25.4 Å². The summed E-state index contributed by atoms with van der Waals surface area (Å²) in [7, 11) is 0.500. The maximum Gasteiger partial charge on any atom is 0.292 e. The van der Waals surface area contributed by atoms with E-state index in [1.807, 2.05) is 6.92 Å². The lowest BCUT2D eigenvalue weighted by Gasteiger charge is -2.24. The highest BCUT2D eigenvalue weighted by Gasteiger charge is 2.51. The van der Waals surface area contributed by atoms with Crippen molar-refractivity contribution in [2.24, 2.45) is 5.92 Å². The Labute approximate surface area is 363 Å². The standard InChI is InChI=1S/C40H36ClF7N10O2S.CH3F/c1-3-20-16-49-37(50-17-20)27-15-31(60)58(29-7-6-26(41)32-34(29)56(9-8-42)54-38(32)55-61-24-4-5-24)39(52-27)28(13-21-11-22(43)14-23(44)12-21)51-30(59)18-57-35-25(33(53-57)36(45)46)10-19(2)40(35,47)48;1-2/h6-7,11-12,14-17,19,24,28,36H,3-5,8-10,13,18H2,1-2H3,(H,51,59)(H,54,55);1H3/t19-,28?;/m0./s1. The van der Waals surface area contributed by atoms with Gasteiger partial charge in [0.25, 0.3) is 17.9 Å². The highest BCUT2D eigenvalue weighted by Crippen LogP contribution is 2.48. The van der Waals surface area contributed by atoms with Crippen LogP contribution in [0.5, 0.6) is 0 Å². The molecule has 1 saturated carbocycles. The van der Waals surface area contributed by atoms with Crippen LogP contribution in [-0.4, -0.2) is 64.1 Å². The normalized spacial score (nSPS) is 15.9. The molecule has 1 amide bonds. The van der Waals surface area contributed by atoms with Crippen LogP contribution in [-0.2, 0) is 43.1 Å². The van der Waals surface area contributed by atoms with Gasteiger partial charge in [0.1, 0.15) is 47.8 Å². The minimum atomic E-state index is -3.61. The van der Waals surface area contributed by atoms with E-state index in [0.29, 0.717) is 35.0 Å². The SMILES string of the molecule is CCc1cnc(-c2cc(=O)n(-c3ccc(Cl)c4c(NSC5CC5)nn(CCF)c34)c(C(Cc3cc(F)cc(F)c3)NC(=O)Cn3nc(C(F)F)c4c3C(F)(F)[C@@H](C)C4)n2)nc1.CF. The number of hydrogen-bond donors (Lipinski definition) is 2. The van der Waals surface area contributed by atoms with Crippen LogP contribution in [0.25, 0.3) is 28.1 Å². The Morgan fingerprint density at radius 2 is 1.71 bits per heavy atom. The predicted octanol–water partition coefficient (Wildman–Crippen LogP) is 8.83. The summed E-state index contributed by atoms with van der Waals surface area (Å²) in [6, 6.07) is 5.18. The molecule has 0 bridgehead atoms. The number of aryl methyl sites for hydroxylation is 2. The zero-order valence-electron chi connectivity index (χ0n) is 33.8. The minimum absolute atomic E-state index is 0.000119. The largest absolute Gasteiger partial charge is 0.344 e. The number of aromatic nitrogens is 8. The molecule has 2 aromatic carbocycles. The quantitative estimate of drug-likeness (QED) is 0.0765. The molecule has 4 heterocycles. The summed E-state index contributed by atoms with van der Waals surface area (Å²) in [5.74, 6) is -7.92. The van der Waals surface area contributed by atoms with Gasteiger partial charge in [-0.15, -0.1) is 0 Å². The average Bonchev–Trinajstić information content (AvgIpc) is 3.83. The van der Waals surface area contributed by atoms with Gasteiger partial charge in [-0.3, -0.25) is 27.9 Å². The number of amides is 1. The first-order valence-corrected chi connectivity index (χ1v) is 20.9. The number of fused-ring (bicyclic) bond motifs is 2. The molecular formula is C41H39ClF8N10O2S. The number of carbonyl (C=O) groups is 1. The Kier molecular flexibility index (Phi) is 13.5. The van der Waals surface area contributed by atoms with Crippen molar-refractivity contribution in [3.05, 3.63) is 110 Å². The van der Waals surface area contributed by atoms with Gasteiger partial charge in [0.2, 0.25) is 5.91 Å². The molecule has 2 N–H and O–H groups in total. The number of hydrogen-bond acceptors (Lipinski definition) is 9. The fourth-order valence-electron chi connectivity index (χ4n) is 7.44. The van der Waals surface area contributed by atoms with Crippen molar-refractivity contribution < 1.29 is 39.9 Å². The monoisotopic (exact) mass is 922 g/mol. The summed E-state index contributed by atoms with van der Waals surface area (Å²) in [5.41, 5.74) is -1.91. The fraction of sp³-hybridized carbons (Fsp3) is 0.390. The molecule has 63 heavy (non-hydrogen) atoms. The number of anilines is 1. The highest BCUT2D eigenvalue weighted by molar-refractivity contribution is 8.01. The number of halogens is 9. The van der Waals surface area contributed by atoms with E-state index in [-0.39, 0.29) is 57.1 Å². The fourth-order valence-corrected chi connectivity index (χ4v) is 8.47. The Hall–Kier alpha value is -5.57. The van der Waals surface area contributed by atoms with Gasteiger partial charge in [0, 0.05) is 47.7 Å². The van der Waals surface area contributed by atoms with E-state index in [9.17, 15) is 35.9 Å². The van der Waals surface area contributed by atoms with Crippen LogP contribution in [0.1, 0.15) is 73.1 Å². The van der Waals surface area contributed by atoms with Crippen molar-refractivity contribution >= 4 is 46.2 Å². The van der Waals surface area contributed by atoms with Crippen LogP contribution in [0, 0.1) is 17.6 Å². The first kappa shape index (κ1) is 45.5. The van der Waals surface area contributed by atoms with E-state index >= 15 is 8.78 Å². The van der Waals surface area contributed by atoms with Gasteiger partial charge in [0.15, 0.2) is 11.6 Å². The molecule has 1 fully saturated rings. The van der Waals surface area contributed by atoms with E-state index in [4.69, 9.17) is 16.6 Å². The zero-order valence-corrected chi connectivity index (χ0v) is 35.4. The average molecular weight is 923 g/mol. The molecule has 4 aromatic heterocycles. The van der Waals surface area contributed by atoms with Crippen molar-refractivity contribution in [1.29, 1.82) is 0 Å². The molecule has 2 atom stereocenters. The Morgan fingerprint density at radius 1 is 1.02 bits per heavy atom. The number of alkyl halides is 6. The Bertz CT molecular complexity index is 2690. The molecule has 0 saturated heterocycles. The Morgan fingerprint density at radius 3 is 2.35 bits per heavy atom. The highest BCUT2D eigenvalue weighted by atomic mass is 35.5. The number of carbonyl (C=O) groups excluding carboxylic acids is 1. The van der Waals surface area contributed by atoms with Crippen LogP contribution in [0.3, 0.4) is 0 Å². The second-order valence-corrected chi connectivity index (χ2v) is 16.4. The lowest BCUT2D eigenvalue weighted by molar-refractivity contribution is -0.123. The number of benzene rings is 2. The predicted molar refractivity (Wildman–Crippen MR) is 221 cm³/mol. The summed E-state index contributed by atoms with van der Waals surface area (Å²) in [5, 5.41) is 11.8. The van der Waals surface area contributed by atoms with E-state index in [1.165, 1.54) is 48.1 Å². The molecule has 8 rings (SSSR count). The van der Waals surface area contributed by atoms with E-state index < -0.39 is 84.9 Å². The summed E-state index contributed by atoms with van der Waals surface area (Å²) >= 11 is 8.17. The topological polar surface area (TPSA) is 137 Å². The van der Waals surface area contributed by atoms with E-state index in [1.54, 1.807) is 0 Å². The minimum Gasteiger partial charge on any atom is -0.344 e. The summed E-state index contributed by atoms with van der Waals surface area (Å²) in [6.07, 6.45) is 1.54. The maximum absolute atomic E-state index is 15.5. The van der Waals surface area contributed by atoms with Crippen molar-refractivity contribution in [3.63, 3.8) is 0 Å². The first-order valence-electron chi connectivity index (χ1n) is 19.7. The zero-order chi connectivity index (χ0) is 45.3. The molecular weight excluding hydrogens is 884 g/mol. The van der Waals surface area contributed by atoms with Gasteiger partial charge in [-0.2, -0.15) is 19.0 Å². The summed E-state index contributed by atoms with van der Waals surface area (Å²) in [6.45, 7) is 0.960. The number of rotatable bonds is 15. The van der Waals surface area contributed by atoms with E-state index in [2.05, 4.69) is 30.2 Å². The van der Waals surface area contributed by atoms with Gasteiger partial charge in [0.05, 0.1) is 41.4 Å². The van der Waals surface area contributed by atoms with E-state index in [0.717, 1.165) is 41.2 Å². The molecule has 0 spiro atoms. The number of nitrogens with zero attached hydrogens (tertiary/aromatic N) is 8. The smallest absolute Gasteiger partial charge is 0.292 e. The Balaban J connectivity index is 0.00000293. The summed E-state index contributed by atoms with van der Waals surface area (Å²) < 4.78 is 118. The van der Waals surface area contributed by atoms with Crippen LogP contribution < -0.4 is 15.6 Å². The molecule has 6 aromatic rings. The van der Waals surface area contributed by atoms with Gasteiger partial charge in [-0.05, 0) is 73.0 Å². The molecule has 12 nitrogen and oxygen atoms in total. The molecule has 22 heteroatoms. The molecule has 0 radical (unpaired) electrons. The first-order chi connectivity index (χ1) is 30.2. The second-order valence-electron chi connectivity index (χ2n) is 14.9. The van der Waals surface area contributed by atoms with Crippen molar-refractivity contribution in [2.75, 3.05) is 18.6 Å². The second kappa shape index (κ2) is 18.6. The lowest BCUT2D eigenvalue weighted by atomic mass is 10.0. The van der Waals surface area contributed by atoms with Crippen LogP contribution in [0.2, 0.25) is 5.02 Å². The van der Waals surface area contributed by atoms with Crippen molar-refractivity contribution in [1.82, 2.24) is 44.4 Å². The maximum atomic E-state index is 15.5. The van der Waals surface area contributed by atoms with Gasteiger partial charge < -0.3 is 10.0 Å². The molecule has 2 aliphatic rings. The summed E-state index contributed by atoms with van der Waals surface area (Å²) in [4.78, 5) is 42.2. The molecule has 1 unspecified atom stereocenters.